The van der Waals surface area contributed by atoms with E-state index in [0.29, 0.717) is 29.0 Å². The molecule has 104 valence electrons. The minimum Gasteiger partial charge on any atom is -0.473 e. The van der Waals surface area contributed by atoms with E-state index in [2.05, 4.69) is 29.4 Å². The van der Waals surface area contributed by atoms with Crippen LogP contribution in [0.25, 0.3) is 0 Å². The summed E-state index contributed by atoms with van der Waals surface area (Å²) < 4.78 is 6.01. The number of halogens is 1. The fourth-order valence-corrected chi connectivity index (χ4v) is 3.42. The van der Waals surface area contributed by atoms with Gasteiger partial charge in [0.15, 0.2) is 5.15 Å². The molecular weight excluding hydrogens is 262 g/mol. The second-order valence-corrected chi connectivity index (χ2v) is 6.29. The van der Waals surface area contributed by atoms with Crippen molar-refractivity contribution >= 4 is 11.6 Å². The normalized spacial score (nSPS) is 29.8. The zero-order chi connectivity index (χ0) is 13.4. The number of hydrogen-bond acceptors (Lipinski definition) is 4. The maximum absolute atomic E-state index is 6.05. The Balaban J connectivity index is 1.71. The second-order valence-electron chi connectivity index (χ2n) is 5.93. The topological polar surface area (TPSA) is 47.0 Å². The van der Waals surface area contributed by atoms with Gasteiger partial charge in [-0.25, -0.2) is 0 Å². The van der Waals surface area contributed by atoms with Crippen molar-refractivity contribution in [2.24, 2.45) is 0 Å². The third-order valence-electron chi connectivity index (χ3n) is 4.09. The molecule has 0 aromatic carbocycles. The SMILES string of the molecule is CC(C)c1cc(OC2CC3CCC(C2)N3)nnc1Cl. The molecule has 4 nitrogen and oxygen atoms in total. The van der Waals surface area contributed by atoms with Gasteiger partial charge in [-0.3, -0.25) is 0 Å². The molecule has 1 aromatic heterocycles. The first kappa shape index (κ1) is 13.1. The number of ether oxygens (including phenoxy) is 1. The molecule has 2 unspecified atom stereocenters. The molecule has 2 saturated heterocycles. The smallest absolute Gasteiger partial charge is 0.234 e. The van der Waals surface area contributed by atoms with Crippen LogP contribution in [0.4, 0.5) is 0 Å². The van der Waals surface area contributed by atoms with Crippen molar-refractivity contribution in [3.8, 4) is 5.88 Å². The summed E-state index contributed by atoms with van der Waals surface area (Å²) in [4.78, 5) is 0. The summed E-state index contributed by atoms with van der Waals surface area (Å²) in [5, 5.41) is 12.1. The summed E-state index contributed by atoms with van der Waals surface area (Å²) in [5.41, 5.74) is 1.00. The van der Waals surface area contributed by atoms with E-state index in [-0.39, 0.29) is 6.10 Å². The number of fused-ring (bicyclic) bond motifs is 2. The summed E-state index contributed by atoms with van der Waals surface area (Å²) in [7, 11) is 0. The Morgan fingerprint density at radius 2 is 1.95 bits per heavy atom. The van der Waals surface area contributed by atoms with E-state index in [1.807, 2.05) is 6.07 Å². The van der Waals surface area contributed by atoms with Crippen LogP contribution in [0.3, 0.4) is 0 Å². The van der Waals surface area contributed by atoms with Gasteiger partial charge < -0.3 is 10.1 Å². The van der Waals surface area contributed by atoms with Crippen molar-refractivity contribution in [1.29, 1.82) is 0 Å². The van der Waals surface area contributed by atoms with Crippen molar-refractivity contribution in [3.63, 3.8) is 0 Å². The zero-order valence-corrected chi connectivity index (χ0v) is 12.2. The number of nitrogens with one attached hydrogen (secondary N) is 1. The van der Waals surface area contributed by atoms with E-state index < -0.39 is 0 Å². The Morgan fingerprint density at radius 1 is 1.26 bits per heavy atom. The summed E-state index contributed by atoms with van der Waals surface area (Å²) >= 11 is 6.05. The predicted octanol–water partition coefficient (Wildman–Crippen LogP) is 2.92. The number of nitrogens with zero attached hydrogens (tertiary/aromatic N) is 2. The molecule has 0 radical (unpaired) electrons. The highest BCUT2D eigenvalue weighted by Gasteiger charge is 2.34. The minimum atomic E-state index is 0.259. The predicted molar refractivity (Wildman–Crippen MR) is 74.7 cm³/mol. The van der Waals surface area contributed by atoms with E-state index >= 15 is 0 Å². The van der Waals surface area contributed by atoms with Gasteiger partial charge in [-0.15, -0.1) is 10.2 Å². The van der Waals surface area contributed by atoms with Crippen molar-refractivity contribution < 1.29 is 4.74 Å². The molecule has 0 spiro atoms. The van der Waals surface area contributed by atoms with Crippen LogP contribution in [0.2, 0.25) is 5.15 Å². The molecule has 2 atom stereocenters. The van der Waals surface area contributed by atoms with E-state index in [4.69, 9.17) is 16.3 Å². The van der Waals surface area contributed by atoms with Crippen LogP contribution in [0, 0.1) is 0 Å². The van der Waals surface area contributed by atoms with Gasteiger partial charge in [0, 0.05) is 18.2 Å². The molecule has 0 saturated carbocycles. The first-order chi connectivity index (χ1) is 9.11. The van der Waals surface area contributed by atoms with Crippen LogP contribution in [0.15, 0.2) is 6.07 Å². The fourth-order valence-electron chi connectivity index (χ4n) is 3.11. The van der Waals surface area contributed by atoms with E-state index in [0.717, 1.165) is 18.4 Å². The molecule has 2 aliphatic heterocycles. The average molecular weight is 282 g/mol. The van der Waals surface area contributed by atoms with E-state index in [9.17, 15) is 0 Å². The van der Waals surface area contributed by atoms with Gasteiger partial charge >= 0.3 is 0 Å². The van der Waals surface area contributed by atoms with E-state index in [1.54, 1.807) is 0 Å². The van der Waals surface area contributed by atoms with Gasteiger partial charge in [-0.1, -0.05) is 25.4 Å². The molecule has 0 amide bonds. The third-order valence-corrected chi connectivity index (χ3v) is 4.39. The Labute approximate surface area is 118 Å². The summed E-state index contributed by atoms with van der Waals surface area (Å²) in [6.07, 6.45) is 4.94. The van der Waals surface area contributed by atoms with Crippen LogP contribution < -0.4 is 10.1 Å². The first-order valence-corrected chi connectivity index (χ1v) is 7.45. The van der Waals surface area contributed by atoms with Gasteiger partial charge in [0.25, 0.3) is 0 Å². The summed E-state index contributed by atoms with van der Waals surface area (Å²) in [6.45, 7) is 4.19. The number of rotatable bonds is 3. The number of aromatic nitrogens is 2. The number of piperidine rings is 1. The van der Waals surface area contributed by atoms with Gasteiger partial charge in [0.2, 0.25) is 5.88 Å². The zero-order valence-electron chi connectivity index (χ0n) is 11.4. The van der Waals surface area contributed by atoms with Crippen molar-refractivity contribution in [2.75, 3.05) is 0 Å². The average Bonchev–Trinajstić information content (AvgIpc) is 2.71. The minimum absolute atomic E-state index is 0.259. The lowest BCUT2D eigenvalue weighted by Gasteiger charge is -2.29. The van der Waals surface area contributed by atoms with E-state index in [1.165, 1.54) is 12.8 Å². The molecule has 0 aliphatic carbocycles. The lowest BCUT2D eigenvalue weighted by molar-refractivity contribution is 0.130. The standard InChI is InChI=1S/C14H20ClN3O/c1-8(2)12-7-13(17-18-14(12)15)19-11-5-9-3-4-10(6-11)16-9/h7-11,16H,3-6H2,1-2H3. The van der Waals surface area contributed by atoms with Crippen LogP contribution >= 0.6 is 11.6 Å². The first-order valence-electron chi connectivity index (χ1n) is 7.07. The Bertz CT molecular complexity index is 454. The highest BCUT2D eigenvalue weighted by atomic mass is 35.5. The van der Waals surface area contributed by atoms with Crippen molar-refractivity contribution in [3.05, 3.63) is 16.8 Å². The molecule has 2 aliphatic rings. The van der Waals surface area contributed by atoms with Crippen molar-refractivity contribution in [2.45, 2.75) is 63.6 Å². The third kappa shape index (κ3) is 2.84. The molecule has 1 aromatic rings. The largest absolute Gasteiger partial charge is 0.473 e. The van der Waals surface area contributed by atoms with Crippen LogP contribution in [0.5, 0.6) is 5.88 Å². The quantitative estimate of drug-likeness (QED) is 0.925. The van der Waals surface area contributed by atoms with Crippen LogP contribution in [-0.2, 0) is 0 Å². The molecule has 2 fully saturated rings. The Hall–Kier alpha value is -0.870. The summed E-state index contributed by atoms with van der Waals surface area (Å²) in [6, 6.07) is 3.17. The lowest BCUT2D eigenvalue weighted by atomic mass is 10.0. The summed E-state index contributed by atoms with van der Waals surface area (Å²) in [5.74, 6) is 0.939. The second kappa shape index (κ2) is 5.25. The van der Waals surface area contributed by atoms with Gasteiger partial charge in [-0.05, 0) is 37.2 Å². The van der Waals surface area contributed by atoms with Gasteiger partial charge in [0.1, 0.15) is 6.10 Å². The molecule has 19 heavy (non-hydrogen) atoms. The molecule has 2 bridgehead atoms. The molecule has 1 N–H and O–H groups in total. The maximum atomic E-state index is 6.05. The highest BCUT2D eigenvalue weighted by Crippen LogP contribution is 2.30. The van der Waals surface area contributed by atoms with Crippen LogP contribution in [-0.4, -0.2) is 28.4 Å². The molecule has 3 heterocycles. The fraction of sp³-hybridized carbons (Fsp3) is 0.714. The maximum Gasteiger partial charge on any atom is 0.234 e. The Morgan fingerprint density at radius 3 is 2.58 bits per heavy atom. The highest BCUT2D eigenvalue weighted by molar-refractivity contribution is 6.30. The van der Waals surface area contributed by atoms with Gasteiger partial charge in [0.05, 0.1) is 0 Å². The Kier molecular flexibility index (Phi) is 3.63. The molecule has 3 rings (SSSR count). The van der Waals surface area contributed by atoms with Crippen molar-refractivity contribution in [1.82, 2.24) is 15.5 Å². The molecule has 5 heteroatoms. The lowest BCUT2D eigenvalue weighted by Crippen LogP contribution is -2.42. The number of hydrogen-bond donors (Lipinski definition) is 1. The molecular formula is C14H20ClN3O. The van der Waals surface area contributed by atoms with Gasteiger partial charge in [-0.2, -0.15) is 0 Å². The van der Waals surface area contributed by atoms with Crippen LogP contribution in [0.1, 0.15) is 51.0 Å². The monoisotopic (exact) mass is 281 g/mol.